The first kappa shape index (κ1) is 15.7. The maximum Gasteiger partial charge on any atom is 0.333 e. The van der Waals surface area contributed by atoms with Crippen LogP contribution in [0.5, 0.6) is 0 Å². The zero-order valence-corrected chi connectivity index (χ0v) is 12.1. The normalized spacial score (nSPS) is 11.5. The molecule has 0 saturated carbocycles. The second-order valence-electron chi connectivity index (χ2n) is 4.74. The highest BCUT2D eigenvalue weighted by Crippen LogP contribution is 2.14. The molecule has 0 spiro atoms. The van der Waals surface area contributed by atoms with Crippen molar-refractivity contribution in [3.8, 4) is 0 Å². The Hall–Kier alpha value is -2.69. The van der Waals surface area contributed by atoms with Crippen LogP contribution in [0, 0.1) is 5.82 Å². The van der Waals surface area contributed by atoms with E-state index in [1.165, 1.54) is 25.3 Å². The van der Waals surface area contributed by atoms with Crippen LogP contribution in [0.3, 0.4) is 0 Å². The topological polar surface area (TPSA) is 55.4 Å². The molecule has 0 aliphatic carbocycles. The lowest BCUT2D eigenvalue weighted by Gasteiger charge is -2.17. The first-order valence-corrected chi connectivity index (χ1v) is 6.76. The number of carbonyl (C=O) groups excluding carboxylic acids is 2. The van der Waals surface area contributed by atoms with Crippen LogP contribution in [-0.4, -0.2) is 19.0 Å². The third-order valence-electron chi connectivity index (χ3n) is 3.13. The van der Waals surface area contributed by atoms with Crippen LogP contribution in [0.25, 0.3) is 0 Å². The second-order valence-corrected chi connectivity index (χ2v) is 4.74. The van der Waals surface area contributed by atoms with Crippen LogP contribution in [0.4, 0.5) is 4.39 Å². The standard InChI is InChI=1S/C17H16FNO3/c1-22-17(21)16(13-7-3-2-4-8-13)19-15(20)11-12-6-5-9-14(18)10-12/h2-10,16H,11H2,1H3,(H,19,20)/t16-/m0/s1. The van der Waals surface area contributed by atoms with Gasteiger partial charge >= 0.3 is 5.97 Å². The van der Waals surface area contributed by atoms with Crippen molar-refractivity contribution in [2.75, 3.05) is 7.11 Å². The summed E-state index contributed by atoms with van der Waals surface area (Å²) in [6, 6.07) is 13.7. The van der Waals surface area contributed by atoms with E-state index < -0.39 is 17.8 Å². The highest BCUT2D eigenvalue weighted by Gasteiger charge is 2.23. The Labute approximate surface area is 127 Å². The molecule has 1 N–H and O–H groups in total. The third-order valence-corrected chi connectivity index (χ3v) is 3.13. The van der Waals surface area contributed by atoms with E-state index in [9.17, 15) is 14.0 Å². The van der Waals surface area contributed by atoms with Gasteiger partial charge in [-0.2, -0.15) is 0 Å². The SMILES string of the molecule is COC(=O)[C@@H](NC(=O)Cc1cccc(F)c1)c1ccccc1. The molecule has 0 heterocycles. The van der Waals surface area contributed by atoms with E-state index in [0.29, 0.717) is 11.1 Å². The molecule has 0 fully saturated rings. The van der Waals surface area contributed by atoms with E-state index >= 15 is 0 Å². The second kappa shape index (κ2) is 7.36. The van der Waals surface area contributed by atoms with Gasteiger partial charge in [0.05, 0.1) is 13.5 Å². The quantitative estimate of drug-likeness (QED) is 0.863. The zero-order chi connectivity index (χ0) is 15.9. The van der Waals surface area contributed by atoms with E-state index in [4.69, 9.17) is 4.74 Å². The molecule has 5 heteroatoms. The summed E-state index contributed by atoms with van der Waals surface area (Å²) in [6.07, 6.45) is -0.0158. The lowest BCUT2D eigenvalue weighted by molar-refractivity contribution is -0.145. The molecule has 22 heavy (non-hydrogen) atoms. The number of ether oxygens (including phenoxy) is 1. The van der Waals surface area contributed by atoms with Crippen LogP contribution >= 0.6 is 0 Å². The van der Waals surface area contributed by atoms with Gasteiger partial charge in [-0.05, 0) is 23.3 Å². The first-order valence-electron chi connectivity index (χ1n) is 6.76. The number of nitrogens with one attached hydrogen (secondary N) is 1. The van der Waals surface area contributed by atoms with E-state index in [1.807, 2.05) is 6.07 Å². The molecule has 2 aromatic carbocycles. The van der Waals surface area contributed by atoms with E-state index in [1.54, 1.807) is 30.3 Å². The van der Waals surface area contributed by atoms with Gasteiger partial charge in [0, 0.05) is 0 Å². The van der Waals surface area contributed by atoms with Crippen LogP contribution in [-0.2, 0) is 20.7 Å². The van der Waals surface area contributed by atoms with Gasteiger partial charge in [-0.3, -0.25) is 4.79 Å². The maximum absolute atomic E-state index is 13.1. The Morgan fingerprint density at radius 3 is 2.50 bits per heavy atom. The van der Waals surface area contributed by atoms with Gasteiger partial charge in [0.15, 0.2) is 6.04 Å². The summed E-state index contributed by atoms with van der Waals surface area (Å²) in [5.74, 6) is -1.35. The summed E-state index contributed by atoms with van der Waals surface area (Å²) in [4.78, 5) is 23.9. The third kappa shape index (κ3) is 4.15. The number of methoxy groups -OCH3 is 1. The number of hydrogen-bond donors (Lipinski definition) is 1. The molecule has 2 rings (SSSR count). The minimum atomic E-state index is -0.882. The molecular weight excluding hydrogens is 285 g/mol. The van der Waals surface area contributed by atoms with Crippen LogP contribution < -0.4 is 5.32 Å². The number of halogens is 1. The molecule has 1 atom stereocenters. The van der Waals surface area contributed by atoms with Crippen molar-refractivity contribution in [2.45, 2.75) is 12.5 Å². The highest BCUT2D eigenvalue weighted by molar-refractivity contribution is 5.86. The zero-order valence-electron chi connectivity index (χ0n) is 12.1. The molecule has 114 valence electrons. The minimum Gasteiger partial charge on any atom is -0.467 e. The first-order chi connectivity index (χ1) is 10.6. The van der Waals surface area contributed by atoms with Crippen molar-refractivity contribution in [2.24, 2.45) is 0 Å². The Morgan fingerprint density at radius 2 is 1.86 bits per heavy atom. The Bertz CT molecular complexity index is 658. The van der Waals surface area contributed by atoms with Gasteiger partial charge in [-0.1, -0.05) is 42.5 Å². The average molecular weight is 301 g/mol. The number of esters is 1. The van der Waals surface area contributed by atoms with Crippen molar-refractivity contribution < 1.29 is 18.7 Å². The van der Waals surface area contributed by atoms with Gasteiger partial charge in [0.2, 0.25) is 5.91 Å². The van der Waals surface area contributed by atoms with Crippen molar-refractivity contribution in [1.82, 2.24) is 5.32 Å². The summed E-state index contributed by atoms with van der Waals surface area (Å²) >= 11 is 0. The monoisotopic (exact) mass is 301 g/mol. The molecule has 0 bridgehead atoms. The molecule has 0 saturated heterocycles. The van der Waals surface area contributed by atoms with E-state index in [2.05, 4.69) is 5.32 Å². The molecule has 0 aliphatic rings. The fourth-order valence-electron chi connectivity index (χ4n) is 2.09. The molecule has 0 unspecified atom stereocenters. The molecule has 0 aliphatic heterocycles. The molecule has 4 nitrogen and oxygen atoms in total. The smallest absolute Gasteiger partial charge is 0.333 e. The summed E-state index contributed by atoms with van der Waals surface area (Å²) in [5, 5.41) is 2.62. The van der Waals surface area contributed by atoms with Gasteiger partial charge in [-0.25, -0.2) is 9.18 Å². The number of benzene rings is 2. The maximum atomic E-state index is 13.1. The summed E-state index contributed by atoms with van der Waals surface area (Å²) in [5.41, 5.74) is 1.16. The molecule has 2 aromatic rings. The number of amides is 1. The van der Waals surface area contributed by atoms with E-state index in [0.717, 1.165) is 0 Å². The van der Waals surface area contributed by atoms with Crippen molar-refractivity contribution in [3.63, 3.8) is 0 Å². The van der Waals surface area contributed by atoms with Crippen LogP contribution in [0.15, 0.2) is 54.6 Å². The van der Waals surface area contributed by atoms with E-state index in [-0.39, 0.29) is 12.3 Å². The van der Waals surface area contributed by atoms with Crippen molar-refractivity contribution >= 4 is 11.9 Å². The molecule has 0 aromatic heterocycles. The lowest BCUT2D eigenvalue weighted by atomic mass is 10.1. The fourth-order valence-corrected chi connectivity index (χ4v) is 2.09. The fraction of sp³-hybridized carbons (Fsp3) is 0.176. The predicted octanol–water partition coefficient (Wildman–Crippen LogP) is 2.40. The summed E-state index contributed by atoms with van der Waals surface area (Å²) in [7, 11) is 1.26. The Balaban J connectivity index is 2.10. The van der Waals surface area contributed by atoms with Gasteiger partial charge in [0.25, 0.3) is 0 Å². The summed E-state index contributed by atoms with van der Waals surface area (Å²) in [6.45, 7) is 0. The Morgan fingerprint density at radius 1 is 1.14 bits per heavy atom. The van der Waals surface area contributed by atoms with Crippen molar-refractivity contribution in [1.29, 1.82) is 0 Å². The van der Waals surface area contributed by atoms with Crippen molar-refractivity contribution in [3.05, 3.63) is 71.5 Å². The Kier molecular flexibility index (Phi) is 5.25. The molecular formula is C17H16FNO3. The van der Waals surface area contributed by atoms with Gasteiger partial charge in [-0.15, -0.1) is 0 Å². The molecule has 1 amide bonds. The number of rotatable bonds is 5. The summed E-state index contributed by atoms with van der Waals surface area (Å²) < 4.78 is 17.8. The lowest BCUT2D eigenvalue weighted by Crippen LogP contribution is -2.35. The molecule has 0 radical (unpaired) electrons. The van der Waals surface area contributed by atoms with Gasteiger partial charge in [0.1, 0.15) is 5.82 Å². The van der Waals surface area contributed by atoms with Gasteiger partial charge < -0.3 is 10.1 Å². The predicted molar refractivity (Wildman–Crippen MR) is 79.4 cm³/mol. The average Bonchev–Trinajstić information content (AvgIpc) is 2.53. The van der Waals surface area contributed by atoms with Crippen LogP contribution in [0.1, 0.15) is 17.2 Å². The largest absolute Gasteiger partial charge is 0.467 e. The number of hydrogen-bond acceptors (Lipinski definition) is 3. The van der Waals surface area contributed by atoms with Crippen LogP contribution in [0.2, 0.25) is 0 Å². The highest BCUT2D eigenvalue weighted by atomic mass is 19.1. The number of carbonyl (C=O) groups is 2. The minimum absolute atomic E-state index is 0.0158.